The van der Waals surface area contributed by atoms with Crippen LogP contribution in [0.25, 0.3) is 0 Å². The van der Waals surface area contributed by atoms with E-state index in [2.05, 4.69) is 18.9 Å². The van der Waals surface area contributed by atoms with Crippen LogP contribution in [0.5, 0.6) is 0 Å². The van der Waals surface area contributed by atoms with Gasteiger partial charge in [0.1, 0.15) is 11.6 Å². The Labute approximate surface area is 161 Å². The number of carbonyl (C=O) groups is 6. The first-order valence-corrected chi connectivity index (χ1v) is 8.54. The summed E-state index contributed by atoms with van der Waals surface area (Å²) in [5.74, 6) is -4.96. The molecule has 4 unspecified atom stereocenters. The maximum absolute atomic E-state index is 11.2. The molecule has 0 spiro atoms. The van der Waals surface area contributed by atoms with E-state index in [1.54, 1.807) is 0 Å². The Bertz CT molecular complexity index is 545. The molecule has 0 N–H and O–H groups in total. The van der Waals surface area contributed by atoms with Gasteiger partial charge in [0.2, 0.25) is 0 Å². The highest BCUT2D eigenvalue weighted by molar-refractivity contribution is 5.96. The molecule has 0 heterocycles. The molecule has 4 atom stereocenters. The van der Waals surface area contributed by atoms with Gasteiger partial charge in [-0.3, -0.25) is 28.8 Å². The summed E-state index contributed by atoms with van der Waals surface area (Å²) >= 11 is 0. The van der Waals surface area contributed by atoms with Crippen molar-refractivity contribution in [1.29, 1.82) is 0 Å². The second-order valence-electron chi connectivity index (χ2n) is 6.41. The number of hydrogen-bond acceptors (Lipinski definition) is 10. The van der Waals surface area contributed by atoms with Crippen molar-refractivity contribution in [2.45, 2.75) is 25.7 Å². The Morgan fingerprint density at radius 2 is 0.714 bits per heavy atom. The van der Waals surface area contributed by atoms with E-state index in [9.17, 15) is 28.8 Å². The summed E-state index contributed by atoms with van der Waals surface area (Å²) < 4.78 is 18.0. The highest BCUT2D eigenvalue weighted by atomic mass is 16.5. The molecule has 2 aliphatic carbocycles. The Morgan fingerprint density at radius 3 is 0.857 bits per heavy atom. The van der Waals surface area contributed by atoms with Crippen molar-refractivity contribution in [3.63, 3.8) is 0 Å². The highest BCUT2D eigenvalue weighted by Gasteiger charge is 2.44. The van der Waals surface area contributed by atoms with Gasteiger partial charge >= 0.3 is 23.9 Å². The van der Waals surface area contributed by atoms with Crippen LogP contribution in [-0.4, -0.2) is 63.9 Å². The van der Waals surface area contributed by atoms with Gasteiger partial charge < -0.3 is 18.9 Å². The maximum Gasteiger partial charge on any atom is 0.309 e. The fourth-order valence-electron chi connectivity index (χ4n) is 3.31. The Kier molecular flexibility index (Phi) is 8.75. The molecular formula is C18H24O10. The number of esters is 4. The minimum Gasteiger partial charge on any atom is -0.469 e. The number of ether oxygens (including phenoxy) is 4. The first kappa shape index (κ1) is 23.3. The highest BCUT2D eigenvalue weighted by Crippen LogP contribution is 2.31. The minimum absolute atomic E-state index is 0.0758. The zero-order chi connectivity index (χ0) is 21.4. The summed E-state index contributed by atoms with van der Waals surface area (Å²) in [6.45, 7) is 0. The zero-order valence-electron chi connectivity index (χ0n) is 16.2. The summed E-state index contributed by atoms with van der Waals surface area (Å²) in [4.78, 5) is 67.0. The van der Waals surface area contributed by atoms with Gasteiger partial charge in [-0.25, -0.2) is 0 Å². The number of ketones is 2. The Morgan fingerprint density at radius 1 is 0.536 bits per heavy atom. The van der Waals surface area contributed by atoms with E-state index in [4.69, 9.17) is 0 Å². The molecule has 0 radical (unpaired) electrons. The third-order valence-corrected chi connectivity index (χ3v) is 4.78. The number of hydrogen-bond donors (Lipinski definition) is 0. The van der Waals surface area contributed by atoms with Crippen LogP contribution in [0.15, 0.2) is 0 Å². The molecule has 0 aromatic heterocycles. The first-order valence-electron chi connectivity index (χ1n) is 8.54. The molecule has 2 rings (SSSR count). The first-order chi connectivity index (χ1) is 13.2. The third-order valence-electron chi connectivity index (χ3n) is 4.78. The van der Waals surface area contributed by atoms with E-state index >= 15 is 0 Å². The summed E-state index contributed by atoms with van der Waals surface area (Å²) in [6.07, 6.45) is 0.303. The average molecular weight is 400 g/mol. The van der Waals surface area contributed by atoms with Crippen LogP contribution >= 0.6 is 0 Å². The van der Waals surface area contributed by atoms with Crippen molar-refractivity contribution < 1.29 is 47.7 Å². The Balaban J connectivity index is 0.000000280. The molecule has 0 aromatic carbocycles. The predicted molar refractivity (Wildman–Crippen MR) is 90.5 cm³/mol. The fourth-order valence-corrected chi connectivity index (χ4v) is 3.31. The topological polar surface area (TPSA) is 139 Å². The van der Waals surface area contributed by atoms with Crippen LogP contribution < -0.4 is 0 Å². The second-order valence-corrected chi connectivity index (χ2v) is 6.41. The lowest BCUT2D eigenvalue weighted by atomic mass is 9.96. The molecule has 28 heavy (non-hydrogen) atoms. The molecule has 0 saturated heterocycles. The van der Waals surface area contributed by atoms with Crippen LogP contribution in [0.2, 0.25) is 0 Å². The molecule has 2 aliphatic rings. The van der Waals surface area contributed by atoms with Crippen molar-refractivity contribution in [3.05, 3.63) is 0 Å². The SMILES string of the molecule is COC(=O)C1CC(=O)CC1C(=O)OC.COC(=O)C1CC(=O)CC1C(=O)OC. The zero-order valence-corrected chi connectivity index (χ0v) is 16.2. The molecule has 0 aliphatic heterocycles. The van der Waals surface area contributed by atoms with Crippen LogP contribution in [-0.2, 0) is 47.7 Å². The number of Topliss-reactive ketones (excluding diaryl/α,β-unsaturated/α-hetero) is 2. The average Bonchev–Trinajstić information content (AvgIpc) is 3.28. The van der Waals surface area contributed by atoms with E-state index in [1.165, 1.54) is 28.4 Å². The standard InChI is InChI=1S/2C9H12O5/c2*1-13-8(11)6-3-5(10)4-7(6)9(12)14-2/h2*6-7H,3-4H2,1-2H3. The van der Waals surface area contributed by atoms with Crippen molar-refractivity contribution in [3.8, 4) is 0 Å². The van der Waals surface area contributed by atoms with Crippen LogP contribution in [0, 0.1) is 23.7 Å². The lowest BCUT2D eigenvalue weighted by molar-refractivity contribution is -0.156. The minimum atomic E-state index is -0.667. The van der Waals surface area contributed by atoms with Gasteiger partial charge in [-0.2, -0.15) is 0 Å². The second kappa shape index (κ2) is 10.5. The molecular weight excluding hydrogens is 376 g/mol. The van der Waals surface area contributed by atoms with E-state index in [0.717, 1.165) is 0 Å². The monoisotopic (exact) mass is 400 g/mol. The van der Waals surface area contributed by atoms with Crippen molar-refractivity contribution in [2.24, 2.45) is 23.7 Å². The van der Waals surface area contributed by atoms with Gasteiger partial charge in [0, 0.05) is 25.7 Å². The van der Waals surface area contributed by atoms with E-state index in [-0.39, 0.29) is 37.2 Å². The van der Waals surface area contributed by atoms with Crippen LogP contribution in [0.1, 0.15) is 25.7 Å². The molecule has 156 valence electrons. The predicted octanol–water partition coefficient (Wildman–Crippen LogP) is -0.145. The van der Waals surface area contributed by atoms with E-state index in [1.807, 2.05) is 0 Å². The molecule has 10 nitrogen and oxygen atoms in total. The summed E-state index contributed by atoms with van der Waals surface area (Å²) in [5.41, 5.74) is 0. The number of methoxy groups -OCH3 is 4. The van der Waals surface area contributed by atoms with Gasteiger partial charge in [0.05, 0.1) is 52.1 Å². The van der Waals surface area contributed by atoms with E-state index < -0.39 is 47.5 Å². The van der Waals surface area contributed by atoms with Gasteiger partial charge in [-0.05, 0) is 0 Å². The third kappa shape index (κ3) is 5.61. The maximum atomic E-state index is 11.2. The van der Waals surface area contributed by atoms with Crippen molar-refractivity contribution >= 4 is 35.4 Å². The molecule has 10 heteroatoms. The normalized spacial score (nSPS) is 26.0. The van der Waals surface area contributed by atoms with Gasteiger partial charge in [-0.1, -0.05) is 0 Å². The molecule has 0 bridgehead atoms. The molecule has 0 aromatic rings. The van der Waals surface area contributed by atoms with Crippen molar-refractivity contribution in [1.82, 2.24) is 0 Å². The van der Waals surface area contributed by atoms with Crippen LogP contribution in [0.3, 0.4) is 0 Å². The fraction of sp³-hybridized carbons (Fsp3) is 0.667. The van der Waals surface area contributed by atoms with Gasteiger partial charge in [0.25, 0.3) is 0 Å². The summed E-state index contributed by atoms with van der Waals surface area (Å²) in [5, 5.41) is 0. The van der Waals surface area contributed by atoms with E-state index in [0.29, 0.717) is 0 Å². The molecule has 2 fully saturated rings. The van der Waals surface area contributed by atoms with Crippen molar-refractivity contribution in [2.75, 3.05) is 28.4 Å². The summed E-state index contributed by atoms with van der Waals surface area (Å²) in [7, 11) is 4.94. The summed E-state index contributed by atoms with van der Waals surface area (Å²) in [6, 6.07) is 0. The quantitative estimate of drug-likeness (QED) is 0.462. The lowest BCUT2D eigenvalue weighted by Crippen LogP contribution is -2.27. The largest absolute Gasteiger partial charge is 0.469 e. The van der Waals surface area contributed by atoms with Gasteiger partial charge in [0.15, 0.2) is 0 Å². The number of carbonyl (C=O) groups excluding carboxylic acids is 6. The van der Waals surface area contributed by atoms with Gasteiger partial charge in [-0.15, -0.1) is 0 Å². The molecule has 2 saturated carbocycles. The smallest absolute Gasteiger partial charge is 0.309 e. The lowest BCUT2D eigenvalue weighted by Gasteiger charge is -2.13. The Hall–Kier alpha value is -2.78. The number of rotatable bonds is 4. The molecule has 0 amide bonds. The van der Waals surface area contributed by atoms with Crippen LogP contribution in [0.4, 0.5) is 0 Å².